The summed E-state index contributed by atoms with van der Waals surface area (Å²) in [7, 11) is -0.799. The third-order valence-electron chi connectivity index (χ3n) is 6.87. The molecule has 38 heavy (non-hydrogen) atoms. The highest BCUT2D eigenvalue weighted by molar-refractivity contribution is 7.89. The number of aromatic nitrogens is 6. The highest BCUT2D eigenvalue weighted by Crippen LogP contribution is 2.31. The van der Waals surface area contributed by atoms with Gasteiger partial charge in [-0.2, -0.15) is 9.40 Å². The number of hydrogen-bond donors (Lipinski definition) is 0. The van der Waals surface area contributed by atoms with Gasteiger partial charge < -0.3 is 9.64 Å². The topological polar surface area (TPSA) is 128 Å². The number of rotatable bonds is 7. The van der Waals surface area contributed by atoms with Crippen molar-refractivity contribution in [1.82, 2.24) is 38.5 Å². The second kappa shape index (κ2) is 10.2. The van der Waals surface area contributed by atoms with Gasteiger partial charge >= 0.3 is 0 Å². The van der Waals surface area contributed by atoms with E-state index in [0.717, 1.165) is 6.54 Å². The monoisotopic (exact) mass is 538 g/mol. The Morgan fingerprint density at radius 1 is 1.05 bits per heavy atom. The maximum Gasteiger partial charge on any atom is 0.281 e. The smallest absolute Gasteiger partial charge is 0.281 e. The van der Waals surface area contributed by atoms with Crippen LogP contribution >= 0.6 is 0 Å². The van der Waals surface area contributed by atoms with Gasteiger partial charge in [0, 0.05) is 39.4 Å². The second-order valence-electron chi connectivity index (χ2n) is 8.96. The van der Waals surface area contributed by atoms with Crippen LogP contribution in [0.1, 0.15) is 19.5 Å². The van der Waals surface area contributed by atoms with Crippen LogP contribution in [-0.2, 0) is 23.5 Å². The number of methoxy groups -OCH3 is 1. The minimum absolute atomic E-state index is 0.0208. The van der Waals surface area contributed by atoms with E-state index in [-0.39, 0.29) is 27.7 Å². The van der Waals surface area contributed by atoms with E-state index in [0.29, 0.717) is 55.2 Å². The zero-order valence-electron chi connectivity index (χ0n) is 21.8. The first-order valence-electron chi connectivity index (χ1n) is 12.5. The summed E-state index contributed by atoms with van der Waals surface area (Å²) in [5, 5.41) is 4.53. The van der Waals surface area contributed by atoms with E-state index in [9.17, 15) is 13.2 Å². The maximum atomic E-state index is 13.5. The Balaban J connectivity index is 1.66. The number of sulfonamides is 1. The van der Waals surface area contributed by atoms with Gasteiger partial charge in [0.1, 0.15) is 16.2 Å². The van der Waals surface area contributed by atoms with Crippen molar-refractivity contribution >= 4 is 21.1 Å². The number of piperazine rings is 1. The summed E-state index contributed by atoms with van der Waals surface area (Å²) in [6.45, 7) is 7.00. The lowest BCUT2D eigenvalue weighted by Crippen LogP contribution is -2.48. The predicted octanol–water partition coefficient (Wildman–Crippen LogP) is 1.47. The van der Waals surface area contributed by atoms with Crippen LogP contribution in [0.4, 0.5) is 0 Å². The molecule has 0 aromatic carbocycles. The minimum atomic E-state index is -3.81. The zero-order valence-corrected chi connectivity index (χ0v) is 22.6. The Morgan fingerprint density at radius 3 is 2.45 bits per heavy atom. The number of aryl methyl sites for hydroxylation is 1. The molecule has 1 saturated heterocycles. The second-order valence-corrected chi connectivity index (χ2v) is 10.9. The van der Waals surface area contributed by atoms with Crippen molar-refractivity contribution in [2.75, 3.05) is 39.8 Å². The van der Waals surface area contributed by atoms with Crippen molar-refractivity contribution in [3.05, 3.63) is 52.7 Å². The van der Waals surface area contributed by atoms with Crippen molar-refractivity contribution in [2.24, 2.45) is 7.05 Å². The number of fused-ring (bicyclic) bond motifs is 1. The lowest BCUT2D eigenvalue weighted by atomic mass is 10.2. The fraction of sp³-hybridized carbons (Fsp3) is 0.400. The molecule has 200 valence electrons. The Morgan fingerprint density at radius 2 is 1.82 bits per heavy atom. The van der Waals surface area contributed by atoms with E-state index in [4.69, 9.17) is 9.72 Å². The molecule has 1 aliphatic rings. The van der Waals surface area contributed by atoms with E-state index in [1.165, 1.54) is 28.2 Å². The van der Waals surface area contributed by atoms with Crippen LogP contribution in [0, 0.1) is 0 Å². The molecule has 4 aromatic heterocycles. The molecule has 5 rings (SSSR count). The molecule has 0 unspecified atom stereocenters. The zero-order chi connectivity index (χ0) is 27.0. The average Bonchev–Trinajstić information content (AvgIpc) is 3.33. The fourth-order valence-electron chi connectivity index (χ4n) is 4.70. The molecule has 0 saturated carbocycles. The van der Waals surface area contributed by atoms with E-state index in [1.54, 1.807) is 30.1 Å². The van der Waals surface area contributed by atoms with Crippen molar-refractivity contribution in [2.45, 2.75) is 25.2 Å². The van der Waals surface area contributed by atoms with E-state index in [1.807, 2.05) is 13.0 Å². The number of nitrogens with zero attached hydrogens (tertiary/aromatic N) is 8. The first-order chi connectivity index (χ1) is 18.3. The standard InChI is InChI=1S/C25H30N8O4S/c1-5-19-21-22(29-33(19)20-9-7-8-10-26-20)25(34)30(3)23(28-21)18-15-17(16-27-24(18)37-4)38(35,36)32-13-11-31(6-2)12-14-32/h7-10,15-16H,5-6,11-14H2,1-4H3. The molecule has 0 N–H and O–H groups in total. The Hall–Kier alpha value is -3.68. The molecular formula is C25H30N8O4S. The Labute approximate surface area is 220 Å². The van der Waals surface area contributed by atoms with Gasteiger partial charge in [-0.15, -0.1) is 0 Å². The predicted molar refractivity (Wildman–Crippen MR) is 142 cm³/mol. The highest BCUT2D eigenvalue weighted by Gasteiger charge is 2.30. The maximum absolute atomic E-state index is 13.5. The Kier molecular flexibility index (Phi) is 6.99. The molecule has 1 aliphatic heterocycles. The summed E-state index contributed by atoms with van der Waals surface area (Å²) in [6, 6.07) is 6.93. The molecular weight excluding hydrogens is 508 g/mol. The quantitative estimate of drug-likeness (QED) is 0.344. The fourth-order valence-corrected chi connectivity index (χ4v) is 6.10. The molecule has 0 radical (unpaired) electrons. The van der Waals surface area contributed by atoms with E-state index < -0.39 is 10.0 Å². The van der Waals surface area contributed by atoms with E-state index >= 15 is 0 Å². The van der Waals surface area contributed by atoms with Crippen molar-refractivity contribution < 1.29 is 13.2 Å². The lowest BCUT2D eigenvalue weighted by Gasteiger charge is -2.33. The molecule has 4 aromatic rings. The lowest BCUT2D eigenvalue weighted by molar-refractivity contribution is 0.196. The van der Waals surface area contributed by atoms with Crippen LogP contribution in [0.5, 0.6) is 5.88 Å². The molecule has 0 aliphatic carbocycles. The molecule has 0 spiro atoms. The molecule has 0 amide bonds. The van der Waals surface area contributed by atoms with Crippen molar-refractivity contribution in [1.29, 1.82) is 0 Å². The highest BCUT2D eigenvalue weighted by atomic mass is 32.2. The minimum Gasteiger partial charge on any atom is -0.480 e. The van der Waals surface area contributed by atoms with Gasteiger partial charge in [-0.25, -0.2) is 28.1 Å². The molecule has 13 heteroatoms. The summed E-state index contributed by atoms with van der Waals surface area (Å²) in [5.41, 5.74) is 1.25. The first kappa shape index (κ1) is 25.9. The summed E-state index contributed by atoms with van der Waals surface area (Å²) in [5.74, 6) is 0.966. The third-order valence-corrected chi connectivity index (χ3v) is 8.74. The summed E-state index contributed by atoms with van der Waals surface area (Å²) in [6.07, 6.45) is 3.49. The van der Waals surface area contributed by atoms with Gasteiger partial charge in [-0.1, -0.05) is 19.9 Å². The largest absolute Gasteiger partial charge is 0.480 e. The van der Waals surface area contributed by atoms with Crippen LogP contribution in [0.3, 0.4) is 0 Å². The first-order valence-corrected chi connectivity index (χ1v) is 13.9. The van der Waals surface area contributed by atoms with Crippen LogP contribution in [0.25, 0.3) is 28.2 Å². The van der Waals surface area contributed by atoms with Crippen molar-refractivity contribution in [3.63, 3.8) is 0 Å². The molecule has 5 heterocycles. The molecule has 0 atom stereocenters. The van der Waals surface area contributed by atoms with Crippen LogP contribution < -0.4 is 10.3 Å². The molecule has 1 fully saturated rings. The molecule has 12 nitrogen and oxygen atoms in total. The number of likely N-dealkylation sites (N-methyl/N-ethyl adjacent to an activating group) is 1. The summed E-state index contributed by atoms with van der Waals surface area (Å²) >= 11 is 0. The van der Waals surface area contributed by atoms with E-state index in [2.05, 4.69) is 26.9 Å². The number of pyridine rings is 2. The number of hydrogen-bond acceptors (Lipinski definition) is 9. The average molecular weight is 539 g/mol. The third kappa shape index (κ3) is 4.36. The van der Waals surface area contributed by atoms with Crippen LogP contribution in [0.15, 0.2) is 46.3 Å². The van der Waals surface area contributed by atoms with Crippen molar-refractivity contribution in [3.8, 4) is 23.1 Å². The summed E-state index contributed by atoms with van der Waals surface area (Å²) in [4.78, 5) is 29.1. The SMILES string of the molecule is CCc1c2nc(-c3cc(S(=O)(=O)N4CCN(CC)CC4)cnc3OC)n(C)c(=O)c2nn1-c1ccccn1. The normalized spacial score (nSPS) is 15.3. The molecule has 0 bridgehead atoms. The van der Waals surface area contributed by atoms with Gasteiger partial charge in [0.05, 0.1) is 24.6 Å². The van der Waals surface area contributed by atoms with Gasteiger partial charge in [0.15, 0.2) is 11.3 Å². The van der Waals surface area contributed by atoms with Crippen LogP contribution in [0.2, 0.25) is 0 Å². The number of ether oxygens (including phenoxy) is 1. The van der Waals surface area contributed by atoms with Crippen LogP contribution in [-0.4, -0.2) is 86.8 Å². The van der Waals surface area contributed by atoms with Gasteiger partial charge in [0.25, 0.3) is 5.56 Å². The van der Waals surface area contributed by atoms with Gasteiger partial charge in [-0.05, 0) is 31.2 Å². The van der Waals surface area contributed by atoms with Gasteiger partial charge in [0.2, 0.25) is 15.9 Å². The Bertz CT molecular complexity index is 1640. The van der Waals surface area contributed by atoms with Gasteiger partial charge in [-0.3, -0.25) is 9.36 Å². The summed E-state index contributed by atoms with van der Waals surface area (Å²) < 4.78 is 36.9.